The quantitative estimate of drug-likeness (QED) is 0.820. The number of hydrogen-bond donors (Lipinski definition) is 0. The van der Waals surface area contributed by atoms with Crippen LogP contribution in [0.4, 0.5) is 5.69 Å². The largest absolute Gasteiger partial charge is 0.364 e. The molecule has 2 atom stereocenters. The van der Waals surface area contributed by atoms with Crippen molar-refractivity contribution in [3.63, 3.8) is 0 Å². The van der Waals surface area contributed by atoms with Crippen LogP contribution in [0.15, 0.2) is 54.6 Å². The lowest BCUT2D eigenvalue weighted by molar-refractivity contribution is -0.132. The summed E-state index contributed by atoms with van der Waals surface area (Å²) < 4.78 is 0. The fourth-order valence-corrected chi connectivity index (χ4v) is 4.21. The van der Waals surface area contributed by atoms with E-state index >= 15 is 0 Å². The van der Waals surface area contributed by atoms with Gasteiger partial charge in [0.1, 0.15) is 0 Å². The Morgan fingerprint density at radius 1 is 1.08 bits per heavy atom. The molecule has 0 bridgehead atoms. The molecule has 130 valence electrons. The van der Waals surface area contributed by atoms with Crippen molar-refractivity contribution in [2.45, 2.75) is 57.8 Å². The molecule has 0 spiro atoms. The minimum Gasteiger partial charge on any atom is -0.364 e. The van der Waals surface area contributed by atoms with Crippen LogP contribution in [0.3, 0.4) is 0 Å². The lowest BCUT2D eigenvalue weighted by Gasteiger charge is -2.44. The molecule has 1 heterocycles. The molecule has 2 aromatic rings. The minimum atomic E-state index is 0.211. The average Bonchev–Trinajstić information content (AvgIpc) is 3.44. The molecule has 0 saturated heterocycles. The zero-order valence-electron chi connectivity index (χ0n) is 15.1. The molecule has 1 fully saturated rings. The summed E-state index contributed by atoms with van der Waals surface area (Å²) in [7, 11) is 0. The van der Waals surface area contributed by atoms with E-state index in [2.05, 4.69) is 71.3 Å². The van der Waals surface area contributed by atoms with E-state index in [1.807, 2.05) is 0 Å². The highest BCUT2D eigenvalue weighted by Gasteiger charge is 2.40. The third-order valence-corrected chi connectivity index (χ3v) is 5.54. The van der Waals surface area contributed by atoms with Crippen LogP contribution < -0.4 is 4.90 Å². The van der Waals surface area contributed by atoms with Crippen molar-refractivity contribution in [1.29, 1.82) is 0 Å². The molecule has 1 aliphatic heterocycles. The Bertz CT molecular complexity index is 754. The number of para-hydroxylation sites is 1. The van der Waals surface area contributed by atoms with E-state index in [-0.39, 0.29) is 11.9 Å². The van der Waals surface area contributed by atoms with Crippen molar-refractivity contribution >= 4 is 11.6 Å². The molecule has 0 aromatic heterocycles. The van der Waals surface area contributed by atoms with Gasteiger partial charge in [0.2, 0.25) is 5.91 Å². The maximum absolute atomic E-state index is 12.3. The predicted octanol–water partition coefficient (Wildman–Crippen LogP) is 4.54. The summed E-state index contributed by atoms with van der Waals surface area (Å²) in [6.07, 6.45) is 3.31. The van der Waals surface area contributed by atoms with Crippen molar-refractivity contribution in [3.05, 3.63) is 65.7 Å². The lowest BCUT2D eigenvalue weighted by Crippen LogP contribution is -2.45. The molecular formula is C22H26N2O. The second-order valence-electron chi connectivity index (χ2n) is 7.43. The van der Waals surface area contributed by atoms with Gasteiger partial charge in [0.25, 0.3) is 0 Å². The number of amides is 1. The highest BCUT2D eigenvalue weighted by atomic mass is 16.2. The third kappa shape index (κ3) is 3.15. The van der Waals surface area contributed by atoms with Crippen LogP contribution in [0.25, 0.3) is 0 Å². The van der Waals surface area contributed by atoms with E-state index in [1.54, 1.807) is 6.92 Å². The molecule has 1 amide bonds. The number of hydrogen-bond acceptors (Lipinski definition) is 2. The second kappa shape index (κ2) is 6.55. The number of carbonyl (C=O) groups is 1. The molecule has 0 radical (unpaired) electrons. The Hall–Kier alpha value is -2.29. The minimum absolute atomic E-state index is 0.211. The number of carbonyl (C=O) groups excluding carboxylic acids is 1. The fourth-order valence-electron chi connectivity index (χ4n) is 4.21. The SMILES string of the molecule is CC(=O)N(C1CC1)C1CC(C)N(Cc2ccccc2)c2ccccc21. The maximum atomic E-state index is 12.3. The molecule has 4 rings (SSSR count). The summed E-state index contributed by atoms with van der Waals surface area (Å²) in [6, 6.07) is 20.3. The van der Waals surface area contributed by atoms with Gasteiger partial charge in [0, 0.05) is 31.2 Å². The summed E-state index contributed by atoms with van der Waals surface area (Å²) in [5.41, 5.74) is 3.91. The first-order valence-corrected chi connectivity index (χ1v) is 9.33. The fraction of sp³-hybridized carbons (Fsp3) is 0.409. The van der Waals surface area contributed by atoms with Crippen LogP contribution in [0, 0.1) is 0 Å². The third-order valence-electron chi connectivity index (χ3n) is 5.54. The Balaban J connectivity index is 1.69. The van der Waals surface area contributed by atoms with Crippen molar-refractivity contribution in [2.75, 3.05) is 4.90 Å². The molecule has 0 N–H and O–H groups in total. The monoisotopic (exact) mass is 334 g/mol. The first-order valence-electron chi connectivity index (χ1n) is 9.33. The molecule has 2 aliphatic rings. The van der Waals surface area contributed by atoms with E-state index in [0.717, 1.165) is 25.8 Å². The predicted molar refractivity (Wildman–Crippen MR) is 101 cm³/mol. The first-order chi connectivity index (χ1) is 12.1. The van der Waals surface area contributed by atoms with Crippen molar-refractivity contribution in [3.8, 4) is 0 Å². The van der Waals surface area contributed by atoms with E-state index in [1.165, 1.54) is 16.8 Å². The average molecular weight is 334 g/mol. The van der Waals surface area contributed by atoms with Gasteiger partial charge >= 0.3 is 0 Å². The number of fused-ring (bicyclic) bond motifs is 1. The summed E-state index contributed by atoms with van der Waals surface area (Å²) in [4.78, 5) is 17.0. The van der Waals surface area contributed by atoms with Gasteiger partial charge in [-0.05, 0) is 43.4 Å². The molecule has 25 heavy (non-hydrogen) atoms. The summed E-state index contributed by atoms with van der Waals surface area (Å²) >= 11 is 0. The van der Waals surface area contributed by atoms with E-state index < -0.39 is 0 Å². The van der Waals surface area contributed by atoms with Crippen molar-refractivity contribution in [2.24, 2.45) is 0 Å². The van der Waals surface area contributed by atoms with Gasteiger partial charge in [-0.3, -0.25) is 4.79 Å². The van der Waals surface area contributed by atoms with Crippen molar-refractivity contribution in [1.82, 2.24) is 4.90 Å². The maximum Gasteiger partial charge on any atom is 0.220 e. The number of nitrogens with zero attached hydrogens (tertiary/aromatic N) is 2. The molecule has 3 nitrogen and oxygen atoms in total. The van der Waals surface area contributed by atoms with Crippen molar-refractivity contribution < 1.29 is 4.79 Å². The van der Waals surface area contributed by atoms with Gasteiger partial charge in [-0.25, -0.2) is 0 Å². The van der Waals surface area contributed by atoms with Gasteiger partial charge in [-0.1, -0.05) is 48.5 Å². The van der Waals surface area contributed by atoms with Crippen LogP contribution in [-0.2, 0) is 11.3 Å². The van der Waals surface area contributed by atoms with E-state index in [4.69, 9.17) is 0 Å². The topological polar surface area (TPSA) is 23.6 Å². The summed E-state index contributed by atoms with van der Waals surface area (Å²) in [5, 5.41) is 0. The normalized spacial score (nSPS) is 22.4. The number of rotatable bonds is 4. The van der Waals surface area contributed by atoms with Crippen LogP contribution in [0.1, 0.15) is 50.3 Å². The van der Waals surface area contributed by atoms with Crippen LogP contribution in [-0.4, -0.2) is 22.9 Å². The molecule has 1 saturated carbocycles. The standard InChI is InChI=1S/C22H26N2O/c1-16-14-22(24(17(2)25)19-12-13-19)20-10-6-7-11-21(20)23(16)15-18-8-4-3-5-9-18/h3-11,16,19,22H,12-15H2,1-2H3. The Morgan fingerprint density at radius 3 is 2.44 bits per heavy atom. The van der Waals surface area contributed by atoms with Gasteiger partial charge in [0.05, 0.1) is 6.04 Å². The highest BCUT2D eigenvalue weighted by Crippen LogP contribution is 2.44. The summed E-state index contributed by atoms with van der Waals surface area (Å²) in [6.45, 7) is 4.92. The summed E-state index contributed by atoms with van der Waals surface area (Å²) in [5.74, 6) is 0.214. The molecule has 1 aliphatic carbocycles. The Kier molecular flexibility index (Phi) is 4.24. The second-order valence-corrected chi connectivity index (χ2v) is 7.43. The molecule has 2 unspecified atom stereocenters. The Morgan fingerprint density at radius 2 is 1.76 bits per heavy atom. The molecule has 3 heteroatoms. The van der Waals surface area contributed by atoms with Crippen LogP contribution >= 0.6 is 0 Å². The van der Waals surface area contributed by atoms with E-state index in [9.17, 15) is 4.79 Å². The van der Waals surface area contributed by atoms with E-state index in [0.29, 0.717) is 12.1 Å². The highest BCUT2D eigenvalue weighted by molar-refractivity contribution is 5.75. The molecule has 2 aromatic carbocycles. The van der Waals surface area contributed by atoms with Gasteiger partial charge in [0.15, 0.2) is 0 Å². The lowest BCUT2D eigenvalue weighted by atomic mass is 9.90. The van der Waals surface area contributed by atoms with Gasteiger partial charge < -0.3 is 9.80 Å². The zero-order chi connectivity index (χ0) is 17.4. The Labute approximate surface area is 150 Å². The molecular weight excluding hydrogens is 308 g/mol. The number of benzene rings is 2. The first kappa shape index (κ1) is 16.2. The van der Waals surface area contributed by atoms with Gasteiger partial charge in [-0.15, -0.1) is 0 Å². The smallest absolute Gasteiger partial charge is 0.220 e. The van der Waals surface area contributed by atoms with Crippen LogP contribution in [0.2, 0.25) is 0 Å². The van der Waals surface area contributed by atoms with Crippen LogP contribution in [0.5, 0.6) is 0 Å². The number of anilines is 1. The zero-order valence-corrected chi connectivity index (χ0v) is 15.1. The van der Waals surface area contributed by atoms with Gasteiger partial charge in [-0.2, -0.15) is 0 Å².